The second kappa shape index (κ2) is 8.13. The Kier molecular flexibility index (Phi) is 5.85. The van der Waals surface area contributed by atoms with E-state index in [2.05, 4.69) is 12.2 Å². The lowest BCUT2D eigenvalue weighted by Crippen LogP contribution is -2.29. The number of amides is 1. The Morgan fingerprint density at radius 1 is 1.26 bits per heavy atom. The predicted molar refractivity (Wildman–Crippen MR) is 110 cm³/mol. The Bertz CT molecular complexity index is 826. The fraction of sp³-hybridized carbons (Fsp3) is 0.429. The molecule has 2 aromatic rings. The number of fused-ring (bicyclic) bond motifs is 1. The molecule has 0 bridgehead atoms. The highest BCUT2D eigenvalue weighted by molar-refractivity contribution is 7.14. The summed E-state index contributed by atoms with van der Waals surface area (Å²) in [6, 6.07) is 9.43. The molecule has 0 aliphatic heterocycles. The van der Waals surface area contributed by atoms with Gasteiger partial charge in [-0.1, -0.05) is 6.92 Å². The van der Waals surface area contributed by atoms with E-state index in [9.17, 15) is 9.59 Å². The molecule has 2 atom stereocenters. The van der Waals surface area contributed by atoms with Crippen molar-refractivity contribution in [2.45, 2.75) is 39.2 Å². The summed E-state index contributed by atoms with van der Waals surface area (Å²) in [4.78, 5) is 28.6. The number of hydrogen-bond acceptors (Lipinski definition) is 5. The van der Waals surface area contributed by atoms with Crippen molar-refractivity contribution in [2.75, 3.05) is 24.3 Å². The molecular weight excluding hydrogens is 360 g/mol. The smallest absolute Gasteiger partial charge is 0.349 e. The first-order chi connectivity index (χ1) is 12.8. The predicted octanol–water partition coefficient (Wildman–Crippen LogP) is 4.12. The molecule has 0 saturated heterocycles. The van der Waals surface area contributed by atoms with Crippen LogP contribution in [0.3, 0.4) is 0 Å². The second-order valence-electron chi connectivity index (χ2n) is 7.39. The van der Waals surface area contributed by atoms with Crippen molar-refractivity contribution < 1.29 is 14.3 Å². The first-order valence-electron chi connectivity index (χ1n) is 9.24. The van der Waals surface area contributed by atoms with E-state index < -0.39 is 12.1 Å². The van der Waals surface area contributed by atoms with Crippen LogP contribution in [0.2, 0.25) is 0 Å². The summed E-state index contributed by atoms with van der Waals surface area (Å²) in [7, 11) is 3.91. The number of benzene rings is 1. The zero-order valence-corrected chi connectivity index (χ0v) is 17.1. The van der Waals surface area contributed by atoms with E-state index in [-0.39, 0.29) is 5.91 Å². The number of esters is 1. The molecule has 6 heteroatoms. The van der Waals surface area contributed by atoms with Gasteiger partial charge < -0.3 is 15.0 Å². The van der Waals surface area contributed by atoms with Gasteiger partial charge >= 0.3 is 5.97 Å². The average Bonchev–Trinajstić information content (AvgIpc) is 3.05. The first-order valence-corrected chi connectivity index (χ1v) is 10.1. The second-order valence-corrected chi connectivity index (χ2v) is 8.52. The lowest BCUT2D eigenvalue weighted by Gasteiger charge is -2.16. The van der Waals surface area contributed by atoms with E-state index in [4.69, 9.17) is 4.74 Å². The Labute approximate surface area is 164 Å². The number of carbonyl (C=O) groups is 2. The lowest BCUT2D eigenvalue weighted by molar-refractivity contribution is -0.123. The van der Waals surface area contributed by atoms with Gasteiger partial charge in [0.25, 0.3) is 5.91 Å². The van der Waals surface area contributed by atoms with Gasteiger partial charge in [0, 0.05) is 30.3 Å². The number of nitrogens with zero attached hydrogens (tertiary/aromatic N) is 1. The van der Waals surface area contributed by atoms with Crippen molar-refractivity contribution in [3.8, 4) is 0 Å². The average molecular weight is 387 g/mol. The molecule has 27 heavy (non-hydrogen) atoms. The molecule has 0 unspecified atom stereocenters. The van der Waals surface area contributed by atoms with Crippen LogP contribution in [0, 0.1) is 5.92 Å². The summed E-state index contributed by atoms with van der Waals surface area (Å²) in [6.45, 7) is 3.83. The number of thiophene rings is 1. The molecule has 1 aromatic heterocycles. The third-order valence-electron chi connectivity index (χ3n) is 4.83. The quantitative estimate of drug-likeness (QED) is 0.785. The van der Waals surface area contributed by atoms with E-state index >= 15 is 0 Å². The minimum Gasteiger partial charge on any atom is -0.448 e. The molecule has 1 amide bonds. The van der Waals surface area contributed by atoms with E-state index in [0.717, 1.165) is 24.9 Å². The van der Waals surface area contributed by atoms with E-state index in [0.29, 0.717) is 16.5 Å². The van der Waals surface area contributed by atoms with E-state index in [1.165, 1.54) is 21.8 Å². The van der Waals surface area contributed by atoms with Gasteiger partial charge in [-0.25, -0.2) is 4.79 Å². The Morgan fingerprint density at radius 2 is 1.96 bits per heavy atom. The van der Waals surface area contributed by atoms with Gasteiger partial charge in [-0.2, -0.15) is 0 Å². The molecule has 0 fully saturated rings. The Hall–Kier alpha value is -2.34. The number of anilines is 2. The van der Waals surface area contributed by atoms with Gasteiger partial charge in [-0.15, -0.1) is 11.3 Å². The van der Waals surface area contributed by atoms with Gasteiger partial charge in [0.1, 0.15) is 4.88 Å². The summed E-state index contributed by atoms with van der Waals surface area (Å²) < 4.78 is 5.39. The van der Waals surface area contributed by atoms with Gasteiger partial charge in [-0.05, 0) is 68.0 Å². The molecule has 1 aliphatic rings. The van der Waals surface area contributed by atoms with Gasteiger partial charge in [0.05, 0.1) is 0 Å². The van der Waals surface area contributed by atoms with Crippen molar-refractivity contribution >= 4 is 34.6 Å². The third kappa shape index (κ3) is 4.69. The lowest BCUT2D eigenvalue weighted by atomic mass is 9.90. The third-order valence-corrected chi connectivity index (χ3v) is 6.05. The fourth-order valence-corrected chi connectivity index (χ4v) is 4.26. The SMILES string of the molecule is C[C@H]1CCc2sc(C(=O)O[C@@H](C)C(=O)Nc3ccc(N(C)C)cc3)cc2C1. The maximum absolute atomic E-state index is 12.4. The maximum Gasteiger partial charge on any atom is 0.349 e. The molecule has 0 spiro atoms. The topological polar surface area (TPSA) is 58.6 Å². The van der Waals surface area contributed by atoms with E-state index in [1.54, 1.807) is 6.92 Å². The van der Waals surface area contributed by atoms with Gasteiger partial charge in [-0.3, -0.25) is 4.79 Å². The van der Waals surface area contributed by atoms with Crippen LogP contribution in [0.15, 0.2) is 30.3 Å². The number of hydrogen-bond donors (Lipinski definition) is 1. The number of rotatable bonds is 5. The number of ether oxygens (including phenoxy) is 1. The highest BCUT2D eigenvalue weighted by Crippen LogP contribution is 2.32. The molecule has 1 aromatic carbocycles. The van der Waals surface area contributed by atoms with Crippen molar-refractivity contribution in [3.05, 3.63) is 45.6 Å². The van der Waals surface area contributed by atoms with Crippen LogP contribution in [0.1, 0.15) is 40.4 Å². The van der Waals surface area contributed by atoms with Crippen LogP contribution in [0.5, 0.6) is 0 Å². The van der Waals surface area contributed by atoms with Crippen molar-refractivity contribution in [2.24, 2.45) is 5.92 Å². The molecule has 0 radical (unpaired) electrons. The van der Waals surface area contributed by atoms with Crippen molar-refractivity contribution in [3.63, 3.8) is 0 Å². The number of aryl methyl sites for hydroxylation is 1. The summed E-state index contributed by atoms with van der Waals surface area (Å²) in [5.41, 5.74) is 2.97. The maximum atomic E-state index is 12.4. The zero-order valence-electron chi connectivity index (χ0n) is 16.2. The van der Waals surface area contributed by atoms with Crippen molar-refractivity contribution in [1.82, 2.24) is 0 Å². The molecule has 0 saturated carbocycles. The van der Waals surface area contributed by atoms with Crippen LogP contribution in [-0.4, -0.2) is 32.1 Å². The van der Waals surface area contributed by atoms with Crippen LogP contribution >= 0.6 is 11.3 Å². The fourth-order valence-electron chi connectivity index (χ4n) is 3.17. The monoisotopic (exact) mass is 386 g/mol. The van der Waals surface area contributed by atoms with Crippen molar-refractivity contribution in [1.29, 1.82) is 0 Å². The standard InChI is InChI=1S/C21H26N2O3S/c1-13-5-10-18-15(11-13)12-19(27-18)21(25)26-14(2)20(24)22-16-6-8-17(9-7-16)23(3)4/h6-9,12-14H,5,10-11H2,1-4H3,(H,22,24)/t13-,14-/m0/s1. The summed E-state index contributed by atoms with van der Waals surface area (Å²) in [5, 5.41) is 2.79. The number of nitrogens with one attached hydrogen (secondary N) is 1. The van der Waals surface area contributed by atoms with Gasteiger partial charge in [0.2, 0.25) is 0 Å². The van der Waals surface area contributed by atoms with Crippen LogP contribution in [-0.2, 0) is 22.4 Å². The van der Waals surface area contributed by atoms with Crippen LogP contribution in [0.4, 0.5) is 11.4 Å². The summed E-state index contributed by atoms with van der Waals surface area (Å²) >= 11 is 1.50. The van der Waals surface area contributed by atoms with Crippen LogP contribution < -0.4 is 10.2 Å². The largest absolute Gasteiger partial charge is 0.448 e. The number of carbonyl (C=O) groups excluding carboxylic acids is 2. The molecule has 3 rings (SSSR count). The van der Waals surface area contributed by atoms with Gasteiger partial charge in [0.15, 0.2) is 6.10 Å². The minimum absolute atomic E-state index is 0.337. The minimum atomic E-state index is -0.857. The Morgan fingerprint density at radius 3 is 2.63 bits per heavy atom. The van der Waals surface area contributed by atoms with E-state index in [1.807, 2.05) is 49.3 Å². The molecule has 1 heterocycles. The molecular formula is C21H26N2O3S. The highest BCUT2D eigenvalue weighted by Gasteiger charge is 2.24. The molecule has 5 nitrogen and oxygen atoms in total. The van der Waals surface area contributed by atoms with Crippen LogP contribution in [0.25, 0.3) is 0 Å². The summed E-state index contributed by atoms with van der Waals surface area (Å²) in [5.74, 6) is -0.108. The molecule has 144 valence electrons. The normalized spacial score (nSPS) is 17.0. The first kappa shape index (κ1) is 19.4. The molecule has 1 N–H and O–H groups in total. The summed E-state index contributed by atoms with van der Waals surface area (Å²) in [6.07, 6.45) is 2.34. The zero-order chi connectivity index (χ0) is 19.6. The highest BCUT2D eigenvalue weighted by atomic mass is 32.1. The molecule has 1 aliphatic carbocycles. The Balaban J connectivity index is 1.58.